The topological polar surface area (TPSA) is 41.6 Å². The van der Waals surface area contributed by atoms with Crippen molar-refractivity contribution in [3.63, 3.8) is 0 Å². The lowest BCUT2D eigenvalue weighted by Gasteiger charge is -2.32. The lowest BCUT2D eigenvalue weighted by atomic mass is 9.97. The highest BCUT2D eigenvalue weighted by molar-refractivity contribution is 7.12. The zero-order valence-corrected chi connectivity index (χ0v) is 13.3. The van der Waals surface area contributed by atoms with E-state index in [1.54, 1.807) is 7.11 Å². The molecule has 0 aliphatic carbocycles. The van der Waals surface area contributed by atoms with Crippen LogP contribution in [0.3, 0.4) is 0 Å². The summed E-state index contributed by atoms with van der Waals surface area (Å²) in [5.41, 5.74) is 0. The van der Waals surface area contributed by atoms with Crippen LogP contribution in [0.4, 0.5) is 0 Å². The molecule has 112 valence electrons. The minimum absolute atomic E-state index is 0.102. The summed E-state index contributed by atoms with van der Waals surface area (Å²) in [5.74, 6) is 1.40. The Balaban J connectivity index is 2.09. The molecule has 0 atom stereocenters. The maximum Gasteiger partial charge on any atom is 0.267 e. The predicted octanol–water partition coefficient (Wildman–Crippen LogP) is 2.61. The number of piperidine rings is 1. The molecule has 20 heavy (non-hydrogen) atoms. The molecule has 1 amide bonds. The Morgan fingerprint density at radius 2 is 2.20 bits per heavy atom. The third-order valence-electron chi connectivity index (χ3n) is 3.84. The maximum atomic E-state index is 12.7. The molecule has 0 saturated carbocycles. The smallest absolute Gasteiger partial charge is 0.267 e. The summed E-state index contributed by atoms with van der Waals surface area (Å²) in [6.07, 6.45) is 2.30. The second-order valence-corrected chi connectivity index (χ2v) is 6.48. The van der Waals surface area contributed by atoms with Crippen molar-refractivity contribution >= 4 is 17.2 Å². The van der Waals surface area contributed by atoms with Crippen molar-refractivity contribution in [1.82, 2.24) is 10.2 Å². The van der Waals surface area contributed by atoms with E-state index >= 15 is 0 Å². The van der Waals surface area contributed by atoms with Gasteiger partial charge in [0, 0.05) is 12.6 Å². The van der Waals surface area contributed by atoms with Crippen LogP contribution < -0.4 is 10.1 Å². The normalized spacial score (nSPS) is 16.4. The molecule has 1 saturated heterocycles. The average Bonchev–Trinajstić information content (AvgIpc) is 2.93. The van der Waals surface area contributed by atoms with Gasteiger partial charge in [0.05, 0.1) is 7.11 Å². The molecule has 1 aliphatic rings. The van der Waals surface area contributed by atoms with E-state index in [0.29, 0.717) is 11.7 Å². The Morgan fingerprint density at radius 3 is 2.80 bits per heavy atom. The Kier molecular flexibility index (Phi) is 5.43. The van der Waals surface area contributed by atoms with Crippen LogP contribution in [0.15, 0.2) is 11.4 Å². The van der Waals surface area contributed by atoms with Crippen LogP contribution in [0.25, 0.3) is 0 Å². The molecule has 1 aliphatic heterocycles. The number of nitrogens with zero attached hydrogens (tertiary/aromatic N) is 1. The number of amides is 1. The highest BCUT2D eigenvalue weighted by Gasteiger charge is 2.26. The number of carbonyl (C=O) groups is 1. The summed E-state index contributed by atoms with van der Waals surface area (Å²) in [6, 6.07) is 2.07. The molecule has 0 aromatic carbocycles. The number of methoxy groups -OCH3 is 1. The van der Waals surface area contributed by atoms with Crippen LogP contribution >= 0.6 is 11.3 Å². The molecule has 0 bridgehead atoms. The average molecular weight is 296 g/mol. The molecular formula is C15H24N2O2S. The largest absolute Gasteiger partial charge is 0.495 e. The summed E-state index contributed by atoms with van der Waals surface area (Å²) < 4.78 is 5.28. The molecule has 1 aromatic rings. The van der Waals surface area contributed by atoms with Crippen LogP contribution in [0.2, 0.25) is 0 Å². The van der Waals surface area contributed by atoms with Crippen molar-refractivity contribution in [2.24, 2.45) is 5.92 Å². The fourth-order valence-corrected chi connectivity index (χ4v) is 3.43. The summed E-state index contributed by atoms with van der Waals surface area (Å²) in [5, 5.41) is 5.28. The Hall–Kier alpha value is -1.07. The SMILES string of the molecule is COc1ccsc1C(=O)N(CC1CCNCC1)C(C)C. The quantitative estimate of drug-likeness (QED) is 0.908. The summed E-state index contributed by atoms with van der Waals surface area (Å²) in [4.78, 5) is 15.4. The van der Waals surface area contributed by atoms with Crippen molar-refractivity contribution in [3.8, 4) is 5.75 Å². The molecule has 0 radical (unpaired) electrons. The van der Waals surface area contributed by atoms with E-state index in [-0.39, 0.29) is 11.9 Å². The highest BCUT2D eigenvalue weighted by atomic mass is 32.1. The number of ether oxygens (including phenoxy) is 1. The minimum atomic E-state index is 0.102. The van der Waals surface area contributed by atoms with Crippen molar-refractivity contribution in [1.29, 1.82) is 0 Å². The lowest BCUT2D eigenvalue weighted by molar-refractivity contribution is 0.0660. The molecule has 2 rings (SSSR count). The molecule has 0 spiro atoms. The van der Waals surface area contributed by atoms with Gasteiger partial charge in [-0.15, -0.1) is 11.3 Å². The van der Waals surface area contributed by atoms with Gasteiger partial charge in [0.2, 0.25) is 0 Å². The molecular weight excluding hydrogens is 272 g/mol. The maximum absolute atomic E-state index is 12.7. The van der Waals surface area contributed by atoms with Gasteiger partial charge in [-0.05, 0) is 57.1 Å². The molecule has 1 fully saturated rings. The predicted molar refractivity (Wildman–Crippen MR) is 82.6 cm³/mol. The number of rotatable bonds is 5. The summed E-state index contributed by atoms with van der Waals surface area (Å²) in [7, 11) is 1.62. The van der Waals surface area contributed by atoms with Crippen LogP contribution in [0, 0.1) is 5.92 Å². The standard InChI is InChI=1S/C15H24N2O2S/c1-11(2)17(10-12-4-7-16-8-5-12)15(18)14-13(19-3)6-9-20-14/h6,9,11-12,16H,4-5,7-8,10H2,1-3H3. The molecule has 5 heteroatoms. The van der Waals surface area contributed by atoms with Crippen molar-refractivity contribution in [2.45, 2.75) is 32.7 Å². The van der Waals surface area contributed by atoms with Gasteiger partial charge in [0.15, 0.2) is 0 Å². The number of carbonyl (C=O) groups excluding carboxylic acids is 1. The van der Waals surface area contributed by atoms with E-state index in [9.17, 15) is 4.79 Å². The zero-order valence-electron chi connectivity index (χ0n) is 12.5. The summed E-state index contributed by atoms with van der Waals surface area (Å²) in [6.45, 7) is 7.14. The van der Waals surface area contributed by atoms with Gasteiger partial charge in [-0.3, -0.25) is 4.79 Å². The minimum Gasteiger partial charge on any atom is -0.495 e. The van der Waals surface area contributed by atoms with E-state index in [4.69, 9.17) is 4.74 Å². The molecule has 0 unspecified atom stereocenters. The van der Waals surface area contributed by atoms with E-state index in [1.807, 2.05) is 16.3 Å². The van der Waals surface area contributed by atoms with Gasteiger partial charge in [-0.1, -0.05) is 0 Å². The van der Waals surface area contributed by atoms with Crippen LogP contribution in [0.1, 0.15) is 36.4 Å². The first kappa shape index (κ1) is 15.3. The van der Waals surface area contributed by atoms with Crippen LogP contribution in [-0.2, 0) is 0 Å². The van der Waals surface area contributed by atoms with Gasteiger partial charge in [-0.25, -0.2) is 0 Å². The Bertz CT molecular complexity index is 439. The van der Waals surface area contributed by atoms with Crippen LogP contribution in [-0.4, -0.2) is 43.6 Å². The first-order valence-electron chi connectivity index (χ1n) is 7.26. The fourth-order valence-electron chi connectivity index (χ4n) is 2.62. The number of thiophene rings is 1. The molecule has 1 N–H and O–H groups in total. The number of hydrogen-bond donors (Lipinski definition) is 1. The van der Waals surface area contributed by atoms with Gasteiger partial charge < -0.3 is 15.0 Å². The highest BCUT2D eigenvalue weighted by Crippen LogP contribution is 2.27. The fraction of sp³-hybridized carbons (Fsp3) is 0.667. The van der Waals surface area contributed by atoms with Crippen LogP contribution in [0.5, 0.6) is 5.75 Å². The van der Waals surface area contributed by atoms with E-state index in [0.717, 1.165) is 37.4 Å². The van der Waals surface area contributed by atoms with Gasteiger partial charge in [0.1, 0.15) is 10.6 Å². The second kappa shape index (κ2) is 7.09. The van der Waals surface area contributed by atoms with Gasteiger partial charge in [0.25, 0.3) is 5.91 Å². The lowest BCUT2D eigenvalue weighted by Crippen LogP contribution is -2.42. The first-order chi connectivity index (χ1) is 9.63. The van der Waals surface area contributed by atoms with E-state index < -0.39 is 0 Å². The van der Waals surface area contributed by atoms with Gasteiger partial charge >= 0.3 is 0 Å². The number of hydrogen-bond acceptors (Lipinski definition) is 4. The summed E-state index contributed by atoms with van der Waals surface area (Å²) >= 11 is 1.46. The monoisotopic (exact) mass is 296 g/mol. The number of nitrogens with one attached hydrogen (secondary N) is 1. The van der Waals surface area contributed by atoms with E-state index in [1.165, 1.54) is 11.3 Å². The Labute approximate surface area is 125 Å². The molecule has 2 heterocycles. The molecule has 4 nitrogen and oxygen atoms in total. The van der Waals surface area contributed by atoms with Crippen molar-refractivity contribution in [3.05, 3.63) is 16.3 Å². The first-order valence-corrected chi connectivity index (χ1v) is 8.14. The molecule has 1 aromatic heterocycles. The second-order valence-electron chi connectivity index (χ2n) is 5.56. The zero-order chi connectivity index (χ0) is 14.5. The van der Waals surface area contributed by atoms with Crippen molar-refractivity contribution < 1.29 is 9.53 Å². The third-order valence-corrected chi connectivity index (χ3v) is 4.72. The van der Waals surface area contributed by atoms with Gasteiger partial charge in [-0.2, -0.15) is 0 Å². The third kappa shape index (κ3) is 3.52. The Morgan fingerprint density at radius 1 is 1.50 bits per heavy atom. The van der Waals surface area contributed by atoms with Crippen molar-refractivity contribution in [2.75, 3.05) is 26.7 Å². The van der Waals surface area contributed by atoms with E-state index in [2.05, 4.69) is 19.2 Å².